The molecule has 0 aliphatic carbocycles. The van der Waals surface area contributed by atoms with Gasteiger partial charge in [-0.1, -0.05) is 16.9 Å². The predicted molar refractivity (Wildman–Crippen MR) is 96.8 cm³/mol. The molecule has 132 valence electrons. The van der Waals surface area contributed by atoms with Gasteiger partial charge in [-0.2, -0.15) is 9.97 Å². The van der Waals surface area contributed by atoms with Gasteiger partial charge in [0.25, 0.3) is 5.78 Å². The van der Waals surface area contributed by atoms with Gasteiger partial charge < -0.3 is 4.52 Å². The SMILES string of the molecule is Cc1nc2nc(S[C@H](C)c3nc(-c4ccncc4)no3)nn2c(C)c1C. The van der Waals surface area contributed by atoms with E-state index in [4.69, 9.17) is 4.52 Å². The Hall–Kier alpha value is -2.81. The monoisotopic (exact) mass is 367 g/mol. The van der Waals surface area contributed by atoms with Gasteiger partial charge in [0.2, 0.25) is 16.9 Å². The molecule has 0 aliphatic rings. The van der Waals surface area contributed by atoms with Gasteiger partial charge in [0.15, 0.2) is 0 Å². The van der Waals surface area contributed by atoms with E-state index in [0.29, 0.717) is 22.6 Å². The van der Waals surface area contributed by atoms with Gasteiger partial charge in [-0.15, -0.1) is 5.10 Å². The fourth-order valence-corrected chi connectivity index (χ4v) is 3.29. The average Bonchev–Trinajstić information content (AvgIpc) is 3.28. The van der Waals surface area contributed by atoms with E-state index in [2.05, 4.69) is 30.2 Å². The highest BCUT2D eigenvalue weighted by molar-refractivity contribution is 7.99. The summed E-state index contributed by atoms with van der Waals surface area (Å²) < 4.78 is 7.18. The molecule has 0 bridgehead atoms. The fourth-order valence-electron chi connectivity index (χ4n) is 2.51. The van der Waals surface area contributed by atoms with Crippen molar-refractivity contribution in [2.24, 2.45) is 0 Å². The molecule has 0 amide bonds. The lowest BCUT2D eigenvalue weighted by Crippen LogP contribution is -2.02. The van der Waals surface area contributed by atoms with Crippen molar-refractivity contribution in [1.82, 2.24) is 34.7 Å². The van der Waals surface area contributed by atoms with Gasteiger partial charge in [0, 0.05) is 29.3 Å². The number of hydrogen-bond donors (Lipinski definition) is 0. The first-order valence-electron chi connectivity index (χ1n) is 8.14. The van der Waals surface area contributed by atoms with Crippen LogP contribution in [-0.4, -0.2) is 34.7 Å². The Morgan fingerprint density at radius 1 is 1.08 bits per heavy atom. The maximum atomic E-state index is 5.41. The second kappa shape index (κ2) is 6.49. The number of aromatic nitrogens is 7. The largest absolute Gasteiger partial charge is 0.338 e. The lowest BCUT2D eigenvalue weighted by atomic mass is 10.2. The van der Waals surface area contributed by atoms with E-state index in [-0.39, 0.29) is 5.25 Å². The topological polar surface area (TPSA) is 94.9 Å². The van der Waals surface area contributed by atoms with Crippen molar-refractivity contribution in [2.75, 3.05) is 0 Å². The minimum absolute atomic E-state index is 0.0852. The van der Waals surface area contributed by atoms with Gasteiger partial charge in [0.05, 0.1) is 5.25 Å². The molecule has 0 fully saturated rings. The van der Waals surface area contributed by atoms with Crippen molar-refractivity contribution in [3.05, 3.63) is 47.4 Å². The van der Waals surface area contributed by atoms with Crippen molar-refractivity contribution >= 4 is 17.5 Å². The Morgan fingerprint density at radius 2 is 1.85 bits per heavy atom. The second-order valence-electron chi connectivity index (χ2n) is 5.97. The number of pyridine rings is 1. The third-order valence-electron chi connectivity index (χ3n) is 4.25. The van der Waals surface area contributed by atoms with Gasteiger partial charge in [-0.3, -0.25) is 4.98 Å². The van der Waals surface area contributed by atoms with E-state index in [0.717, 1.165) is 22.5 Å². The molecule has 0 radical (unpaired) electrons. The maximum Gasteiger partial charge on any atom is 0.253 e. The highest BCUT2D eigenvalue weighted by Gasteiger charge is 2.20. The Labute approximate surface area is 154 Å². The Bertz CT molecular complexity index is 1070. The van der Waals surface area contributed by atoms with Crippen molar-refractivity contribution in [1.29, 1.82) is 0 Å². The van der Waals surface area contributed by atoms with Gasteiger partial charge >= 0.3 is 0 Å². The van der Waals surface area contributed by atoms with Gasteiger partial charge in [0.1, 0.15) is 0 Å². The molecule has 4 aromatic heterocycles. The molecule has 4 rings (SSSR count). The van der Waals surface area contributed by atoms with Crippen LogP contribution >= 0.6 is 11.8 Å². The van der Waals surface area contributed by atoms with Crippen molar-refractivity contribution in [3.63, 3.8) is 0 Å². The standard InChI is InChI=1S/C17H17N7OS/c1-9-10(2)19-16-21-17(22-24(16)11(9)3)26-12(4)15-20-14(23-25-15)13-5-7-18-8-6-13/h5-8,12H,1-4H3/t12-/m1/s1. The fraction of sp³-hybridized carbons (Fsp3) is 0.294. The highest BCUT2D eigenvalue weighted by atomic mass is 32.2. The first-order chi connectivity index (χ1) is 12.5. The van der Waals surface area contributed by atoms with Crippen LogP contribution in [0.15, 0.2) is 34.2 Å². The van der Waals surface area contributed by atoms with E-state index in [1.807, 2.05) is 39.8 Å². The van der Waals surface area contributed by atoms with Crippen LogP contribution in [0.2, 0.25) is 0 Å². The minimum Gasteiger partial charge on any atom is -0.338 e. The summed E-state index contributed by atoms with van der Waals surface area (Å²) in [5.41, 5.74) is 3.98. The molecule has 4 heterocycles. The summed E-state index contributed by atoms with van der Waals surface area (Å²) in [6.07, 6.45) is 3.40. The Morgan fingerprint density at radius 3 is 2.62 bits per heavy atom. The van der Waals surface area contributed by atoms with E-state index >= 15 is 0 Å². The molecule has 4 aromatic rings. The molecule has 0 spiro atoms. The van der Waals surface area contributed by atoms with Crippen LogP contribution in [0.4, 0.5) is 0 Å². The molecule has 0 aromatic carbocycles. The lowest BCUT2D eigenvalue weighted by Gasteiger charge is -2.04. The number of thioether (sulfide) groups is 1. The van der Waals surface area contributed by atoms with Crippen LogP contribution < -0.4 is 0 Å². The normalized spacial score (nSPS) is 12.6. The minimum atomic E-state index is -0.0852. The number of nitrogens with zero attached hydrogens (tertiary/aromatic N) is 7. The van der Waals surface area contributed by atoms with E-state index < -0.39 is 0 Å². The molecule has 9 heteroatoms. The zero-order valence-electron chi connectivity index (χ0n) is 14.8. The van der Waals surface area contributed by atoms with E-state index in [9.17, 15) is 0 Å². The molecule has 0 unspecified atom stereocenters. The summed E-state index contributed by atoms with van der Waals surface area (Å²) in [4.78, 5) is 17.5. The summed E-state index contributed by atoms with van der Waals surface area (Å²) in [5.74, 6) is 1.67. The van der Waals surface area contributed by atoms with E-state index in [1.165, 1.54) is 11.8 Å². The van der Waals surface area contributed by atoms with Crippen LogP contribution in [0.1, 0.15) is 35.0 Å². The van der Waals surface area contributed by atoms with Crippen LogP contribution in [-0.2, 0) is 0 Å². The molecule has 0 saturated heterocycles. The number of aryl methyl sites for hydroxylation is 2. The number of rotatable bonds is 4. The molecular weight excluding hydrogens is 350 g/mol. The quantitative estimate of drug-likeness (QED) is 0.507. The first-order valence-corrected chi connectivity index (χ1v) is 9.02. The second-order valence-corrected chi connectivity index (χ2v) is 7.27. The Kier molecular flexibility index (Phi) is 4.15. The zero-order chi connectivity index (χ0) is 18.3. The third-order valence-corrected chi connectivity index (χ3v) is 5.19. The smallest absolute Gasteiger partial charge is 0.253 e. The molecule has 1 atom stereocenters. The zero-order valence-corrected chi connectivity index (χ0v) is 15.7. The summed E-state index contributed by atoms with van der Waals surface area (Å²) in [6.45, 7) is 8.01. The maximum absolute atomic E-state index is 5.41. The van der Waals surface area contributed by atoms with Crippen LogP contribution in [0.5, 0.6) is 0 Å². The summed E-state index contributed by atoms with van der Waals surface area (Å²) >= 11 is 1.46. The molecule has 8 nitrogen and oxygen atoms in total. The molecule has 0 aliphatic heterocycles. The molecule has 0 saturated carbocycles. The molecular formula is C17H17N7OS. The predicted octanol–water partition coefficient (Wildman–Crippen LogP) is 3.35. The number of hydrogen-bond acceptors (Lipinski definition) is 8. The van der Waals surface area contributed by atoms with Crippen LogP contribution in [0.25, 0.3) is 17.2 Å². The highest BCUT2D eigenvalue weighted by Crippen LogP contribution is 2.33. The van der Waals surface area contributed by atoms with Gasteiger partial charge in [-0.05, 0) is 45.4 Å². The van der Waals surface area contributed by atoms with Crippen molar-refractivity contribution in [2.45, 2.75) is 38.1 Å². The van der Waals surface area contributed by atoms with Crippen molar-refractivity contribution < 1.29 is 4.52 Å². The molecule has 26 heavy (non-hydrogen) atoms. The first kappa shape index (κ1) is 16.6. The van der Waals surface area contributed by atoms with Crippen LogP contribution in [0, 0.1) is 20.8 Å². The summed E-state index contributed by atoms with van der Waals surface area (Å²) in [5, 5.41) is 9.14. The van der Waals surface area contributed by atoms with Gasteiger partial charge in [-0.25, -0.2) is 9.50 Å². The molecule has 0 N–H and O–H groups in total. The number of fused-ring (bicyclic) bond motifs is 1. The van der Waals surface area contributed by atoms with Crippen molar-refractivity contribution in [3.8, 4) is 11.4 Å². The third kappa shape index (κ3) is 2.94. The average molecular weight is 367 g/mol. The van der Waals surface area contributed by atoms with Crippen LogP contribution in [0.3, 0.4) is 0 Å². The summed E-state index contributed by atoms with van der Waals surface area (Å²) in [6, 6.07) is 3.68. The lowest BCUT2D eigenvalue weighted by molar-refractivity contribution is 0.380. The Balaban J connectivity index is 1.59. The summed E-state index contributed by atoms with van der Waals surface area (Å²) in [7, 11) is 0. The van der Waals surface area contributed by atoms with E-state index in [1.54, 1.807) is 16.9 Å².